The quantitative estimate of drug-likeness (QED) is 0.890. The number of amidine groups is 1. The maximum atomic E-state index is 5.51. The maximum Gasteiger partial charge on any atom is 0.282 e. The van der Waals surface area contributed by atoms with Gasteiger partial charge in [0.25, 0.3) is 6.02 Å². The molecule has 3 rings (SSSR count). The van der Waals surface area contributed by atoms with Crippen molar-refractivity contribution in [1.82, 2.24) is 4.98 Å². The number of rotatable bonds is 5. The van der Waals surface area contributed by atoms with Crippen LogP contribution in [0, 0.1) is 6.92 Å². The second-order valence-electron chi connectivity index (χ2n) is 5.51. The fourth-order valence-corrected chi connectivity index (χ4v) is 2.36. The van der Waals surface area contributed by atoms with Crippen molar-refractivity contribution in [2.45, 2.75) is 25.8 Å². The molecular formula is C17H20N4O. The SMILES string of the molecule is Cc1ccc(Nc2ccc(CCC3COC(N)=N3)cc2)nc1. The van der Waals surface area contributed by atoms with Crippen LogP contribution in [0.1, 0.15) is 17.5 Å². The predicted molar refractivity (Wildman–Crippen MR) is 88.4 cm³/mol. The molecule has 3 N–H and O–H groups in total. The summed E-state index contributed by atoms with van der Waals surface area (Å²) in [5.74, 6) is 0.853. The van der Waals surface area contributed by atoms with Gasteiger partial charge in [-0.05, 0) is 49.1 Å². The highest BCUT2D eigenvalue weighted by Crippen LogP contribution is 2.17. The topological polar surface area (TPSA) is 72.5 Å². The van der Waals surface area contributed by atoms with Gasteiger partial charge in [-0.25, -0.2) is 9.98 Å². The molecule has 1 aromatic carbocycles. The molecule has 0 bridgehead atoms. The van der Waals surface area contributed by atoms with E-state index in [0.717, 1.165) is 29.9 Å². The van der Waals surface area contributed by atoms with Crippen molar-refractivity contribution in [3.63, 3.8) is 0 Å². The molecule has 0 amide bonds. The Balaban J connectivity index is 1.54. The molecule has 1 aliphatic rings. The molecule has 22 heavy (non-hydrogen) atoms. The molecule has 1 aliphatic heterocycles. The number of anilines is 2. The Bertz CT molecular complexity index is 649. The number of hydrogen-bond donors (Lipinski definition) is 2. The monoisotopic (exact) mass is 296 g/mol. The van der Waals surface area contributed by atoms with Crippen LogP contribution in [0.25, 0.3) is 0 Å². The highest BCUT2D eigenvalue weighted by Gasteiger charge is 2.15. The van der Waals surface area contributed by atoms with E-state index in [2.05, 4.69) is 39.6 Å². The van der Waals surface area contributed by atoms with Crippen LogP contribution in [0.5, 0.6) is 0 Å². The fraction of sp³-hybridized carbons (Fsp3) is 0.294. The molecule has 0 aliphatic carbocycles. The number of nitrogens with two attached hydrogens (primary N) is 1. The Morgan fingerprint density at radius 3 is 2.68 bits per heavy atom. The minimum Gasteiger partial charge on any atom is -0.463 e. The first-order valence-electron chi connectivity index (χ1n) is 7.44. The van der Waals surface area contributed by atoms with Crippen LogP contribution >= 0.6 is 0 Å². The van der Waals surface area contributed by atoms with Crippen molar-refractivity contribution in [3.05, 3.63) is 53.7 Å². The van der Waals surface area contributed by atoms with Crippen molar-refractivity contribution >= 4 is 17.5 Å². The summed E-state index contributed by atoms with van der Waals surface area (Å²) in [7, 11) is 0. The Morgan fingerprint density at radius 2 is 2.05 bits per heavy atom. The van der Waals surface area contributed by atoms with Crippen LogP contribution < -0.4 is 11.1 Å². The second-order valence-corrected chi connectivity index (χ2v) is 5.51. The number of aromatic nitrogens is 1. The number of nitrogens with one attached hydrogen (secondary N) is 1. The third kappa shape index (κ3) is 3.75. The van der Waals surface area contributed by atoms with Gasteiger partial charge in [0, 0.05) is 11.9 Å². The average molecular weight is 296 g/mol. The number of ether oxygens (including phenoxy) is 1. The Hall–Kier alpha value is -2.56. The largest absolute Gasteiger partial charge is 0.463 e. The first kappa shape index (κ1) is 14.4. The summed E-state index contributed by atoms with van der Waals surface area (Å²) in [5, 5.41) is 3.29. The van der Waals surface area contributed by atoms with Crippen molar-refractivity contribution in [2.75, 3.05) is 11.9 Å². The summed E-state index contributed by atoms with van der Waals surface area (Å²) in [5.41, 5.74) is 8.98. The molecule has 0 radical (unpaired) electrons. The summed E-state index contributed by atoms with van der Waals surface area (Å²) >= 11 is 0. The molecule has 5 nitrogen and oxygen atoms in total. The molecule has 1 unspecified atom stereocenters. The van der Waals surface area contributed by atoms with E-state index in [4.69, 9.17) is 10.5 Å². The van der Waals surface area contributed by atoms with E-state index in [-0.39, 0.29) is 6.04 Å². The highest BCUT2D eigenvalue weighted by molar-refractivity contribution is 5.73. The number of aliphatic imine (C=N–C) groups is 1. The molecule has 5 heteroatoms. The van der Waals surface area contributed by atoms with Crippen molar-refractivity contribution in [1.29, 1.82) is 0 Å². The van der Waals surface area contributed by atoms with E-state index in [1.165, 1.54) is 5.56 Å². The molecule has 1 atom stereocenters. The molecule has 0 saturated carbocycles. The van der Waals surface area contributed by atoms with Crippen molar-refractivity contribution in [2.24, 2.45) is 10.7 Å². The van der Waals surface area contributed by atoms with E-state index < -0.39 is 0 Å². The van der Waals surface area contributed by atoms with Crippen LogP contribution in [-0.2, 0) is 11.2 Å². The van der Waals surface area contributed by atoms with Gasteiger partial charge in [-0.3, -0.25) is 0 Å². The summed E-state index contributed by atoms with van der Waals surface area (Å²) in [4.78, 5) is 8.58. The molecule has 1 aromatic heterocycles. The Kier molecular flexibility index (Phi) is 4.23. The van der Waals surface area contributed by atoms with Gasteiger partial charge in [-0.2, -0.15) is 0 Å². The lowest BCUT2D eigenvalue weighted by molar-refractivity contribution is 0.308. The first-order valence-corrected chi connectivity index (χ1v) is 7.44. The van der Waals surface area contributed by atoms with E-state index >= 15 is 0 Å². The Labute approximate surface area is 130 Å². The lowest BCUT2D eigenvalue weighted by Crippen LogP contribution is -2.10. The summed E-state index contributed by atoms with van der Waals surface area (Å²) < 4.78 is 5.16. The van der Waals surface area contributed by atoms with Crippen molar-refractivity contribution < 1.29 is 4.74 Å². The van der Waals surface area contributed by atoms with E-state index in [1.54, 1.807) is 0 Å². The molecular weight excluding hydrogens is 276 g/mol. The predicted octanol–water partition coefficient (Wildman–Crippen LogP) is 2.78. The normalized spacial score (nSPS) is 17.0. The zero-order valence-electron chi connectivity index (χ0n) is 12.6. The summed E-state index contributed by atoms with van der Waals surface area (Å²) in [6, 6.07) is 12.9. The lowest BCUT2D eigenvalue weighted by atomic mass is 10.1. The standard InChI is InChI=1S/C17H20N4O/c1-12-2-9-16(19-10-12)20-14-6-3-13(4-7-14)5-8-15-11-22-17(18)21-15/h2-4,6-7,9-10,15H,5,8,11H2,1H3,(H2,18,21)(H,19,20). The number of benzene rings is 1. The minimum atomic E-state index is 0.189. The van der Waals surface area contributed by atoms with Gasteiger partial charge in [0.2, 0.25) is 0 Å². The number of hydrogen-bond acceptors (Lipinski definition) is 5. The zero-order valence-corrected chi connectivity index (χ0v) is 12.6. The Morgan fingerprint density at radius 1 is 1.23 bits per heavy atom. The third-order valence-corrected chi connectivity index (χ3v) is 3.64. The van der Waals surface area contributed by atoms with Crippen LogP contribution in [0.15, 0.2) is 47.6 Å². The fourth-order valence-electron chi connectivity index (χ4n) is 2.36. The molecule has 2 heterocycles. The lowest BCUT2D eigenvalue weighted by Gasteiger charge is -2.08. The molecule has 114 valence electrons. The van der Waals surface area contributed by atoms with Gasteiger partial charge in [0.15, 0.2) is 0 Å². The van der Waals surface area contributed by atoms with Crippen LogP contribution in [0.2, 0.25) is 0 Å². The maximum absolute atomic E-state index is 5.51. The van der Waals surface area contributed by atoms with Crippen LogP contribution in [-0.4, -0.2) is 23.7 Å². The summed E-state index contributed by atoms with van der Waals surface area (Å²) in [6.07, 6.45) is 3.77. The van der Waals surface area contributed by atoms with E-state index in [9.17, 15) is 0 Å². The van der Waals surface area contributed by atoms with Crippen LogP contribution in [0.3, 0.4) is 0 Å². The molecule has 0 saturated heterocycles. The summed E-state index contributed by atoms with van der Waals surface area (Å²) in [6.45, 7) is 2.63. The molecule has 0 spiro atoms. The average Bonchev–Trinajstić information content (AvgIpc) is 2.94. The van der Waals surface area contributed by atoms with Gasteiger partial charge < -0.3 is 15.8 Å². The smallest absolute Gasteiger partial charge is 0.282 e. The van der Waals surface area contributed by atoms with Gasteiger partial charge in [0.1, 0.15) is 12.4 Å². The molecule has 2 aromatic rings. The second kappa shape index (κ2) is 6.47. The molecule has 0 fully saturated rings. The van der Waals surface area contributed by atoms with Gasteiger partial charge in [-0.1, -0.05) is 18.2 Å². The zero-order chi connectivity index (χ0) is 15.4. The van der Waals surface area contributed by atoms with Gasteiger partial charge in [-0.15, -0.1) is 0 Å². The van der Waals surface area contributed by atoms with Crippen molar-refractivity contribution in [3.8, 4) is 0 Å². The number of nitrogens with zero attached hydrogens (tertiary/aromatic N) is 2. The number of pyridine rings is 1. The minimum absolute atomic E-state index is 0.189. The highest BCUT2D eigenvalue weighted by atomic mass is 16.5. The first-order chi connectivity index (χ1) is 10.7. The third-order valence-electron chi connectivity index (χ3n) is 3.64. The van der Waals surface area contributed by atoms with E-state index in [1.807, 2.05) is 25.3 Å². The van der Waals surface area contributed by atoms with Gasteiger partial charge >= 0.3 is 0 Å². The number of aryl methyl sites for hydroxylation is 2. The van der Waals surface area contributed by atoms with E-state index in [0.29, 0.717) is 12.6 Å². The van der Waals surface area contributed by atoms with Crippen LogP contribution in [0.4, 0.5) is 11.5 Å². The van der Waals surface area contributed by atoms with Gasteiger partial charge in [0.05, 0.1) is 6.04 Å².